The molecule has 0 aliphatic heterocycles. The molecule has 18 heavy (non-hydrogen) atoms. The van der Waals surface area contributed by atoms with Crippen molar-refractivity contribution in [2.45, 2.75) is 6.43 Å². The average molecular weight is 260 g/mol. The predicted molar refractivity (Wildman–Crippen MR) is 58.3 cm³/mol. The van der Waals surface area contributed by atoms with Crippen LogP contribution in [0.2, 0.25) is 0 Å². The molecule has 0 fully saturated rings. The number of nitrogen functional groups attached to an aromatic ring is 1. The number of aromatic nitrogens is 1. The minimum atomic E-state index is -2.70. The molecule has 0 saturated heterocycles. The van der Waals surface area contributed by atoms with E-state index in [9.17, 15) is 23.7 Å². The van der Waals surface area contributed by atoms with E-state index in [0.29, 0.717) is 0 Å². The lowest BCUT2D eigenvalue weighted by Crippen LogP contribution is -2.31. The monoisotopic (exact) mass is 260 g/mol. The molecule has 0 atom stereocenters. The van der Waals surface area contributed by atoms with Crippen LogP contribution < -0.4 is 5.73 Å². The number of nitrogens with zero attached hydrogens (tertiary/aromatic N) is 3. The minimum Gasteiger partial charge on any atom is -0.395 e. The maximum absolute atomic E-state index is 12.1. The van der Waals surface area contributed by atoms with Crippen molar-refractivity contribution in [2.75, 3.05) is 19.3 Å². The van der Waals surface area contributed by atoms with E-state index in [-0.39, 0.29) is 11.3 Å². The summed E-state index contributed by atoms with van der Waals surface area (Å²) in [5.41, 5.74) is 5.11. The molecule has 1 aromatic rings. The molecule has 1 amide bonds. The first kappa shape index (κ1) is 13.7. The smallest absolute Gasteiger partial charge is 0.364 e. The van der Waals surface area contributed by atoms with Gasteiger partial charge in [0, 0.05) is 7.05 Å². The van der Waals surface area contributed by atoms with Gasteiger partial charge in [-0.3, -0.25) is 4.79 Å². The average Bonchev–Trinajstić information content (AvgIpc) is 2.27. The van der Waals surface area contributed by atoms with Crippen LogP contribution in [0.1, 0.15) is 10.4 Å². The van der Waals surface area contributed by atoms with Crippen molar-refractivity contribution in [3.05, 3.63) is 27.9 Å². The number of rotatable bonds is 4. The maximum atomic E-state index is 12.1. The Labute approximate surface area is 100 Å². The Kier molecular flexibility index (Phi) is 4.08. The number of carbonyl (C=O) groups is 1. The van der Waals surface area contributed by atoms with E-state index >= 15 is 0 Å². The van der Waals surface area contributed by atoms with Crippen LogP contribution in [0.15, 0.2) is 12.3 Å². The van der Waals surface area contributed by atoms with Crippen LogP contribution in [0, 0.1) is 10.1 Å². The highest BCUT2D eigenvalue weighted by Crippen LogP contribution is 2.18. The summed E-state index contributed by atoms with van der Waals surface area (Å²) in [4.78, 5) is 25.6. The number of pyridine rings is 1. The number of amides is 1. The number of halogens is 2. The highest BCUT2D eigenvalue weighted by molar-refractivity contribution is 5.99. The Morgan fingerprint density at radius 1 is 1.67 bits per heavy atom. The lowest BCUT2D eigenvalue weighted by molar-refractivity contribution is -0.389. The standard InChI is InChI=1S/C9H10F2N4O3/c1-14(4-7(10)11)9(16)5-2-8(15(17)18)13-3-6(5)12/h2-3,7H,4,12H2,1H3. The maximum Gasteiger partial charge on any atom is 0.364 e. The number of carbonyl (C=O) groups excluding carboxylic acids is 1. The number of hydrogen-bond acceptors (Lipinski definition) is 5. The third kappa shape index (κ3) is 3.09. The van der Waals surface area contributed by atoms with Crippen molar-refractivity contribution in [1.82, 2.24) is 9.88 Å². The number of anilines is 1. The highest BCUT2D eigenvalue weighted by Gasteiger charge is 2.21. The molecule has 0 bridgehead atoms. The first-order valence-electron chi connectivity index (χ1n) is 4.76. The molecule has 0 aliphatic rings. The molecule has 98 valence electrons. The van der Waals surface area contributed by atoms with Crippen LogP contribution in [-0.2, 0) is 0 Å². The normalized spacial score (nSPS) is 10.4. The number of alkyl halides is 2. The van der Waals surface area contributed by atoms with Crippen LogP contribution in [0.3, 0.4) is 0 Å². The summed E-state index contributed by atoms with van der Waals surface area (Å²) < 4.78 is 24.2. The fourth-order valence-electron chi connectivity index (χ4n) is 1.24. The fourth-order valence-corrected chi connectivity index (χ4v) is 1.24. The summed E-state index contributed by atoms with van der Waals surface area (Å²) in [5.74, 6) is -1.39. The number of nitro groups is 1. The molecule has 1 aromatic heterocycles. The largest absolute Gasteiger partial charge is 0.395 e. The predicted octanol–water partition coefficient (Wildman–Crippen LogP) is 0.909. The Morgan fingerprint density at radius 2 is 2.28 bits per heavy atom. The summed E-state index contributed by atoms with van der Waals surface area (Å²) in [6.07, 6.45) is -1.75. The molecule has 0 radical (unpaired) electrons. The molecule has 7 nitrogen and oxygen atoms in total. The van der Waals surface area contributed by atoms with E-state index in [4.69, 9.17) is 5.73 Å². The van der Waals surface area contributed by atoms with E-state index in [2.05, 4.69) is 4.98 Å². The zero-order valence-electron chi connectivity index (χ0n) is 9.34. The van der Waals surface area contributed by atoms with Crippen molar-refractivity contribution in [3.8, 4) is 0 Å². The van der Waals surface area contributed by atoms with Gasteiger partial charge in [-0.2, -0.15) is 0 Å². The number of nitrogens with two attached hydrogens (primary N) is 1. The van der Waals surface area contributed by atoms with Gasteiger partial charge in [0.25, 0.3) is 12.3 Å². The second-order valence-electron chi connectivity index (χ2n) is 3.46. The molecule has 0 spiro atoms. The lowest BCUT2D eigenvalue weighted by Gasteiger charge is -2.16. The van der Waals surface area contributed by atoms with Crippen molar-refractivity contribution in [3.63, 3.8) is 0 Å². The lowest BCUT2D eigenvalue weighted by atomic mass is 10.2. The summed E-state index contributed by atoms with van der Waals surface area (Å²) >= 11 is 0. The second-order valence-corrected chi connectivity index (χ2v) is 3.46. The third-order valence-electron chi connectivity index (χ3n) is 2.10. The van der Waals surface area contributed by atoms with Gasteiger partial charge in [-0.25, -0.2) is 8.78 Å². The summed E-state index contributed by atoms with van der Waals surface area (Å²) in [5, 5.41) is 10.5. The molecule has 1 heterocycles. The zero-order valence-corrected chi connectivity index (χ0v) is 9.34. The zero-order chi connectivity index (χ0) is 13.9. The molecular weight excluding hydrogens is 250 g/mol. The minimum absolute atomic E-state index is 0.105. The molecule has 0 aliphatic carbocycles. The van der Waals surface area contributed by atoms with Gasteiger partial charge in [-0.15, -0.1) is 0 Å². The van der Waals surface area contributed by atoms with Gasteiger partial charge in [0.05, 0.1) is 23.9 Å². The van der Waals surface area contributed by atoms with Crippen LogP contribution in [0.5, 0.6) is 0 Å². The highest BCUT2D eigenvalue weighted by atomic mass is 19.3. The van der Waals surface area contributed by atoms with E-state index in [0.717, 1.165) is 24.2 Å². The second kappa shape index (κ2) is 5.34. The van der Waals surface area contributed by atoms with E-state index in [1.165, 1.54) is 0 Å². The molecule has 0 saturated carbocycles. The summed E-state index contributed by atoms with van der Waals surface area (Å²) in [6.45, 7) is -0.783. The van der Waals surface area contributed by atoms with Crippen molar-refractivity contribution in [2.24, 2.45) is 0 Å². The van der Waals surface area contributed by atoms with Crippen LogP contribution in [0.25, 0.3) is 0 Å². The van der Waals surface area contributed by atoms with Crippen LogP contribution in [0.4, 0.5) is 20.3 Å². The third-order valence-corrected chi connectivity index (χ3v) is 2.10. The first-order valence-corrected chi connectivity index (χ1v) is 4.76. The summed E-state index contributed by atoms with van der Waals surface area (Å²) in [6, 6.07) is 0.861. The van der Waals surface area contributed by atoms with Crippen molar-refractivity contribution < 1.29 is 18.5 Å². The van der Waals surface area contributed by atoms with Gasteiger partial charge in [-0.1, -0.05) is 0 Å². The van der Waals surface area contributed by atoms with Gasteiger partial charge in [0.2, 0.25) is 0 Å². The molecular formula is C9H10F2N4O3. The molecule has 0 aromatic carbocycles. The van der Waals surface area contributed by atoms with E-state index < -0.39 is 29.6 Å². The molecule has 9 heteroatoms. The quantitative estimate of drug-likeness (QED) is 0.640. The van der Waals surface area contributed by atoms with Gasteiger partial charge in [0.1, 0.15) is 0 Å². The van der Waals surface area contributed by atoms with Gasteiger partial charge in [-0.05, 0) is 9.91 Å². The van der Waals surface area contributed by atoms with E-state index in [1.54, 1.807) is 0 Å². The van der Waals surface area contributed by atoms with Crippen LogP contribution >= 0.6 is 0 Å². The van der Waals surface area contributed by atoms with Crippen molar-refractivity contribution in [1.29, 1.82) is 0 Å². The fraction of sp³-hybridized carbons (Fsp3) is 0.333. The van der Waals surface area contributed by atoms with Gasteiger partial charge in [0.15, 0.2) is 6.20 Å². The van der Waals surface area contributed by atoms with Crippen LogP contribution in [-0.4, -0.2) is 40.7 Å². The van der Waals surface area contributed by atoms with Crippen molar-refractivity contribution >= 4 is 17.4 Å². The molecule has 0 unspecified atom stereocenters. The van der Waals surface area contributed by atoms with E-state index in [1.807, 2.05) is 0 Å². The Morgan fingerprint density at radius 3 is 2.78 bits per heavy atom. The topological polar surface area (TPSA) is 102 Å². The molecule has 1 rings (SSSR count). The number of hydrogen-bond donors (Lipinski definition) is 1. The van der Waals surface area contributed by atoms with Gasteiger partial charge < -0.3 is 20.7 Å². The first-order chi connectivity index (χ1) is 8.32. The Hall–Kier alpha value is -2.32. The summed E-state index contributed by atoms with van der Waals surface area (Å²) in [7, 11) is 1.15. The van der Waals surface area contributed by atoms with Gasteiger partial charge >= 0.3 is 5.82 Å². The Bertz CT molecular complexity index is 481. The Balaban J connectivity index is 3.04. The SMILES string of the molecule is CN(CC(F)F)C(=O)c1cc([N+](=O)[O-])ncc1N. The molecule has 2 N–H and O–H groups in total.